The van der Waals surface area contributed by atoms with Gasteiger partial charge < -0.3 is 29.0 Å². The number of carbonyl (C=O) groups is 1. The van der Waals surface area contributed by atoms with Crippen molar-refractivity contribution in [2.75, 3.05) is 44.7 Å². The molecule has 7 nitrogen and oxygen atoms in total. The Balaban J connectivity index is 2.00. The summed E-state index contributed by atoms with van der Waals surface area (Å²) < 4.78 is 22.5. The normalized spacial score (nSPS) is 20.3. The zero-order chi connectivity index (χ0) is 18.6. The molecule has 2 aliphatic rings. The highest BCUT2D eigenvalue weighted by atomic mass is 19.1. The van der Waals surface area contributed by atoms with Gasteiger partial charge in [-0.05, 0) is 20.0 Å². The van der Waals surface area contributed by atoms with Crippen molar-refractivity contribution in [3.05, 3.63) is 33.9 Å². The molecule has 1 saturated heterocycles. The minimum Gasteiger partial charge on any atom is -0.545 e. The number of hydrogen-bond acceptors (Lipinski definition) is 6. The molecule has 26 heavy (non-hydrogen) atoms. The Kier molecular flexibility index (Phi) is 3.87. The van der Waals surface area contributed by atoms with E-state index in [1.165, 1.54) is 6.20 Å². The van der Waals surface area contributed by atoms with Gasteiger partial charge in [0.2, 0.25) is 0 Å². The first-order valence-electron chi connectivity index (χ1n) is 8.57. The van der Waals surface area contributed by atoms with Gasteiger partial charge in [0.1, 0.15) is 12.3 Å². The Bertz CT molecular complexity index is 963. The average Bonchev–Trinajstić information content (AvgIpc) is 2.60. The number of nitrogens with zero attached hydrogens (tertiary/aromatic N) is 3. The Hall–Kier alpha value is -2.61. The molecule has 1 fully saturated rings. The summed E-state index contributed by atoms with van der Waals surface area (Å²) in [5.41, 5.74) is -0.441. The predicted molar refractivity (Wildman–Crippen MR) is 92.4 cm³/mol. The standard InChI is InChI=1S/C18H20FN3O4/c1-10-9-26-17-14-11(16(23)12(18(24)25)8-22(10)14)7-13(19)15(17)21-5-3-20(2)4-6-21/h7-8,10H,3-6,9H2,1-2H3,(H,24,25)/p-1/t10-/m0/s1. The van der Waals surface area contributed by atoms with Crippen LogP contribution < -0.4 is 20.2 Å². The molecule has 0 radical (unpaired) electrons. The number of hydrogen-bond donors (Lipinski definition) is 0. The van der Waals surface area contributed by atoms with Crippen molar-refractivity contribution in [3.63, 3.8) is 0 Å². The highest BCUT2D eigenvalue weighted by Gasteiger charge is 2.30. The molecule has 138 valence electrons. The molecule has 1 aromatic carbocycles. The van der Waals surface area contributed by atoms with Crippen LogP contribution in [0.25, 0.3) is 10.9 Å². The Morgan fingerprint density at radius 3 is 2.65 bits per heavy atom. The SMILES string of the molecule is C[C@H]1COc2c(N3CCN(C)CC3)c(F)cc3c(=O)c(C(=O)[O-])cn1c23. The number of benzene rings is 1. The molecular weight excluding hydrogens is 341 g/mol. The van der Waals surface area contributed by atoms with Crippen LogP contribution in [-0.4, -0.2) is 55.3 Å². The average molecular weight is 360 g/mol. The number of ether oxygens (including phenoxy) is 1. The number of rotatable bonds is 2. The van der Waals surface area contributed by atoms with Crippen molar-refractivity contribution in [3.8, 4) is 5.75 Å². The van der Waals surface area contributed by atoms with Crippen LogP contribution >= 0.6 is 0 Å². The summed E-state index contributed by atoms with van der Waals surface area (Å²) in [6, 6.07) is 0.939. The lowest BCUT2D eigenvalue weighted by Crippen LogP contribution is -2.45. The fourth-order valence-corrected chi connectivity index (χ4v) is 3.68. The topological polar surface area (TPSA) is 77.8 Å². The second kappa shape index (κ2) is 5.98. The van der Waals surface area contributed by atoms with E-state index in [1.807, 2.05) is 18.9 Å². The fourth-order valence-electron chi connectivity index (χ4n) is 3.68. The molecule has 0 bridgehead atoms. The quantitative estimate of drug-likeness (QED) is 0.762. The van der Waals surface area contributed by atoms with Crippen molar-refractivity contribution in [1.82, 2.24) is 9.47 Å². The van der Waals surface area contributed by atoms with Gasteiger partial charge in [0, 0.05) is 32.4 Å². The molecule has 0 amide bonds. The third-order valence-corrected chi connectivity index (χ3v) is 5.18. The van der Waals surface area contributed by atoms with Gasteiger partial charge in [0.15, 0.2) is 17.0 Å². The van der Waals surface area contributed by atoms with Crippen molar-refractivity contribution in [2.24, 2.45) is 0 Å². The van der Waals surface area contributed by atoms with Gasteiger partial charge in [-0.15, -0.1) is 0 Å². The molecule has 0 spiro atoms. The summed E-state index contributed by atoms with van der Waals surface area (Å²) in [7, 11) is 2.01. The van der Waals surface area contributed by atoms with E-state index in [-0.39, 0.29) is 18.0 Å². The highest BCUT2D eigenvalue weighted by molar-refractivity contribution is 5.96. The zero-order valence-electron chi connectivity index (χ0n) is 14.6. The van der Waals surface area contributed by atoms with Gasteiger partial charge in [-0.25, -0.2) is 4.39 Å². The van der Waals surface area contributed by atoms with Gasteiger partial charge in [-0.3, -0.25) is 4.79 Å². The molecule has 0 unspecified atom stereocenters. The first kappa shape index (κ1) is 16.8. The van der Waals surface area contributed by atoms with E-state index >= 15 is 0 Å². The van der Waals surface area contributed by atoms with Gasteiger partial charge in [0.25, 0.3) is 0 Å². The second-order valence-corrected chi connectivity index (χ2v) is 6.95. The molecule has 4 rings (SSSR count). The summed E-state index contributed by atoms with van der Waals surface area (Å²) in [5, 5.41) is 11.3. The van der Waals surface area contributed by atoms with E-state index in [9.17, 15) is 19.1 Å². The molecule has 3 heterocycles. The Morgan fingerprint density at radius 2 is 2.00 bits per heavy atom. The number of carboxylic acid groups (broad SMARTS) is 1. The molecule has 2 aliphatic heterocycles. The smallest absolute Gasteiger partial charge is 0.198 e. The van der Waals surface area contributed by atoms with Crippen LogP contribution in [0, 0.1) is 5.82 Å². The van der Waals surface area contributed by atoms with Crippen LogP contribution in [0.4, 0.5) is 10.1 Å². The molecule has 0 saturated carbocycles. The highest BCUT2D eigenvalue weighted by Crippen LogP contribution is 2.41. The molecule has 0 aliphatic carbocycles. The number of carbonyl (C=O) groups excluding carboxylic acids is 1. The van der Waals surface area contributed by atoms with Crippen LogP contribution in [0.2, 0.25) is 0 Å². The number of pyridine rings is 1. The number of aromatic carboxylic acids is 1. The van der Waals surface area contributed by atoms with Crippen LogP contribution in [0.1, 0.15) is 23.3 Å². The van der Waals surface area contributed by atoms with Gasteiger partial charge >= 0.3 is 0 Å². The monoisotopic (exact) mass is 360 g/mol. The molecule has 1 aromatic heterocycles. The lowest BCUT2D eigenvalue weighted by molar-refractivity contribution is -0.255. The number of carboxylic acids is 1. The fraction of sp³-hybridized carbons (Fsp3) is 0.444. The molecule has 1 atom stereocenters. The van der Waals surface area contributed by atoms with Crippen LogP contribution in [0.15, 0.2) is 17.1 Å². The Labute approximate surface area is 149 Å². The summed E-state index contributed by atoms with van der Waals surface area (Å²) in [4.78, 5) is 27.9. The molecule has 8 heteroatoms. The largest absolute Gasteiger partial charge is 0.545 e. The van der Waals surface area contributed by atoms with E-state index in [0.717, 1.165) is 19.2 Å². The van der Waals surface area contributed by atoms with Crippen molar-refractivity contribution >= 4 is 22.6 Å². The van der Waals surface area contributed by atoms with Crippen LogP contribution in [-0.2, 0) is 0 Å². The zero-order valence-corrected chi connectivity index (χ0v) is 14.6. The Morgan fingerprint density at radius 1 is 1.31 bits per heavy atom. The van der Waals surface area contributed by atoms with Gasteiger partial charge in [-0.1, -0.05) is 0 Å². The van der Waals surface area contributed by atoms with E-state index in [4.69, 9.17) is 4.74 Å². The second-order valence-electron chi connectivity index (χ2n) is 6.95. The van der Waals surface area contributed by atoms with Gasteiger partial charge in [0.05, 0.1) is 28.5 Å². The van der Waals surface area contributed by atoms with Crippen LogP contribution in [0.5, 0.6) is 5.75 Å². The van der Waals surface area contributed by atoms with Crippen molar-refractivity contribution in [1.29, 1.82) is 0 Å². The van der Waals surface area contributed by atoms with E-state index in [2.05, 4.69) is 4.90 Å². The lowest BCUT2D eigenvalue weighted by atomic mass is 10.1. The minimum atomic E-state index is -1.57. The van der Waals surface area contributed by atoms with Gasteiger partial charge in [-0.2, -0.15) is 0 Å². The summed E-state index contributed by atoms with van der Waals surface area (Å²) in [6.45, 7) is 5.00. The van der Waals surface area contributed by atoms with E-state index in [1.54, 1.807) is 4.57 Å². The molecule has 0 N–H and O–H groups in total. The first-order chi connectivity index (χ1) is 12.4. The molecular formula is C18H19FN3O4-. The number of aromatic nitrogens is 1. The third kappa shape index (κ3) is 2.44. The maximum Gasteiger partial charge on any atom is 0.198 e. The number of anilines is 1. The number of halogens is 1. The van der Waals surface area contributed by atoms with Crippen molar-refractivity contribution in [2.45, 2.75) is 13.0 Å². The molecule has 2 aromatic rings. The van der Waals surface area contributed by atoms with Crippen molar-refractivity contribution < 1.29 is 19.0 Å². The minimum absolute atomic E-state index is 0.00336. The summed E-state index contributed by atoms with van der Waals surface area (Å²) >= 11 is 0. The van der Waals surface area contributed by atoms with E-state index in [0.29, 0.717) is 30.0 Å². The maximum atomic E-state index is 15.0. The lowest BCUT2D eigenvalue weighted by Gasteiger charge is -2.37. The first-order valence-corrected chi connectivity index (χ1v) is 8.57. The predicted octanol–water partition coefficient (Wildman–Crippen LogP) is 0.209. The van der Waals surface area contributed by atoms with E-state index < -0.39 is 22.8 Å². The summed E-state index contributed by atoms with van der Waals surface area (Å²) in [5.74, 6) is -1.83. The number of likely N-dealkylation sites (N-methyl/N-ethyl adjacent to an activating group) is 1. The maximum absolute atomic E-state index is 15.0. The van der Waals surface area contributed by atoms with Crippen LogP contribution in [0.3, 0.4) is 0 Å². The number of piperazine rings is 1. The summed E-state index contributed by atoms with van der Waals surface area (Å²) in [6.07, 6.45) is 1.28. The third-order valence-electron chi connectivity index (χ3n) is 5.18.